The highest BCUT2D eigenvalue weighted by Crippen LogP contribution is 2.29. The minimum absolute atomic E-state index is 0.229. The molecule has 0 amide bonds. The molecule has 0 saturated heterocycles. The Kier molecular flexibility index (Phi) is 4.88. The van der Waals surface area contributed by atoms with Gasteiger partial charge in [-0.05, 0) is 47.4 Å². The maximum absolute atomic E-state index is 12.3. The largest absolute Gasteiger partial charge is 0.296 e. The Morgan fingerprint density at radius 1 is 1.33 bits per heavy atom. The molecule has 1 aromatic carbocycles. The SMILES string of the molecule is O=C(CCN(Cc1ccsc1)C1CC1)c1cccc(Br)c1. The van der Waals surface area contributed by atoms with Crippen molar-refractivity contribution in [3.63, 3.8) is 0 Å². The number of hydrogen-bond acceptors (Lipinski definition) is 3. The molecule has 1 aromatic heterocycles. The molecule has 0 radical (unpaired) electrons. The fraction of sp³-hybridized carbons (Fsp3) is 0.353. The predicted octanol–water partition coefficient (Wildman–Crippen LogP) is 4.75. The Balaban J connectivity index is 1.58. The van der Waals surface area contributed by atoms with E-state index in [0.29, 0.717) is 12.5 Å². The van der Waals surface area contributed by atoms with Gasteiger partial charge in [-0.2, -0.15) is 11.3 Å². The van der Waals surface area contributed by atoms with Gasteiger partial charge < -0.3 is 0 Å². The van der Waals surface area contributed by atoms with Crippen LogP contribution in [0.1, 0.15) is 35.2 Å². The summed E-state index contributed by atoms with van der Waals surface area (Å²) in [5.74, 6) is 0.229. The lowest BCUT2D eigenvalue weighted by Gasteiger charge is -2.21. The molecule has 0 spiro atoms. The van der Waals surface area contributed by atoms with Crippen LogP contribution in [-0.2, 0) is 6.54 Å². The number of carbonyl (C=O) groups is 1. The number of carbonyl (C=O) groups excluding carboxylic acids is 1. The molecule has 1 aliphatic rings. The first-order valence-corrected chi connectivity index (χ1v) is 9.00. The van der Waals surface area contributed by atoms with Crippen molar-refractivity contribution < 1.29 is 4.79 Å². The van der Waals surface area contributed by atoms with Crippen LogP contribution in [0.4, 0.5) is 0 Å². The van der Waals surface area contributed by atoms with Crippen LogP contribution in [0, 0.1) is 0 Å². The van der Waals surface area contributed by atoms with Gasteiger partial charge in [0.25, 0.3) is 0 Å². The minimum atomic E-state index is 0.229. The number of thiophene rings is 1. The summed E-state index contributed by atoms with van der Waals surface area (Å²) in [6.45, 7) is 1.83. The van der Waals surface area contributed by atoms with Gasteiger partial charge in [-0.3, -0.25) is 9.69 Å². The van der Waals surface area contributed by atoms with Gasteiger partial charge in [0, 0.05) is 35.6 Å². The molecule has 0 bridgehead atoms. The van der Waals surface area contributed by atoms with E-state index in [4.69, 9.17) is 0 Å². The predicted molar refractivity (Wildman–Crippen MR) is 90.8 cm³/mol. The average Bonchev–Trinajstić information content (AvgIpc) is 3.20. The first kappa shape index (κ1) is 14.9. The molecular formula is C17H18BrNOS. The summed E-state index contributed by atoms with van der Waals surface area (Å²) in [7, 11) is 0. The maximum Gasteiger partial charge on any atom is 0.164 e. The smallest absolute Gasteiger partial charge is 0.164 e. The third kappa shape index (κ3) is 4.25. The Hall–Kier alpha value is -0.970. The average molecular weight is 364 g/mol. The van der Waals surface area contributed by atoms with Gasteiger partial charge >= 0.3 is 0 Å². The van der Waals surface area contributed by atoms with E-state index in [9.17, 15) is 4.79 Å². The highest BCUT2D eigenvalue weighted by atomic mass is 79.9. The second-order valence-corrected chi connectivity index (χ2v) is 7.21. The summed E-state index contributed by atoms with van der Waals surface area (Å²) in [5, 5.41) is 4.32. The number of ketones is 1. The third-order valence-corrected chi connectivity index (χ3v) is 5.03. The van der Waals surface area contributed by atoms with E-state index in [0.717, 1.165) is 23.1 Å². The van der Waals surface area contributed by atoms with Crippen LogP contribution in [-0.4, -0.2) is 23.3 Å². The molecule has 0 aliphatic heterocycles. The highest BCUT2D eigenvalue weighted by molar-refractivity contribution is 9.10. The quantitative estimate of drug-likeness (QED) is 0.661. The molecular weight excluding hydrogens is 346 g/mol. The summed E-state index contributed by atoms with van der Waals surface area (Å²) >= 11 is 5.16. The highest BCUT2D eigenvalue weighted by Gasteiger charge is 2.29. The minimum Gasteiger partial charge on any atom is -0.296 e. The maximum atomic E-state index is 12.3. The fourth-order valence-corrected chi connectivity index (χ4v) is 3.56. The Morgan fingerprint density at radius 2 is 2.19 bits per heavy atom. The van der Waals surface area contributed by atoms with E-state index in [1.54, 1.807) is 11.3 Å². The molecule has 0 N–H and O–H groups in total. The third-order valence-electron chi connectivity index (χ3n) is 3.80. The molecule has 2 aromatic rings. The van der Waals surface area contributed by atoms with Crippen LogP contribution in [0.3, 0.4) is 0 Å². The molecule has 0 unspecified atom stereocenters. The molecule has 1 fully saturated rings. The van der Waals surface area contributed by atoms with E-state index in [-0.39, 0.29) is 5.78 Å². The Labute approximate surface area is 137 Å². The zero-order chi connectivity index (χ0) is 14.7. The van der Waals surface area contributed by atoms with Crippen molar-refractivity contribution in [2.24, 2.45) is 0 Å². The summed E-state index contributed by atoms with van der Waals surface area (Å²) in [6.07, 6.45) is 3.14. The normalized spacial score (nSPS) is 14.6. The lowest BCUT2D eigenvalue weighted by atomic mass is 10.1. The summed E-state index contributed by atoms with van der Waals surface area (Å²) < 4.78 is 0.964. The first-order chi connectivity index (χ1) is 10.2. The number of rotatable bonds is 7. The molecule has 1 aliphatic carbocycles. The van der Waals surface area contributed by atoms with E-state index in [1.807, 2.05) is 24.3 Å². The van der Waals surface area contributed by atoms with Gasteiger partial charge in [-0.25, -0.2) is 0 Å². The molecule has 0 atom stereocenters. The summed E-state index contributed by atoms with van der Waals surface area (Å²) in [6, 6.07) is 10.5. The van der Waals surface area contributed by atoms with Crippen LogP contribution >= 0.6 is 27.3 Å². The second-order valence-electron chi connectivity index (χ2n) is 5.52. The Bertz CT molecular complexity index is 607. The van der Waals surface area contributed by atoms with E-state index in [1.165, 1.54) is 18.4 Å². The van der Waals surface area contributed by atoms with Gasteiger partial charge in [0.15, 0.2) is 5.78 Å². The second kappa shape index (κ2) is 6.86. The summed E-state index contributed by atoms with van der Waals surface area (Å²) in [4.78, 5) is 14.8. The fourth-order valence-electron chi connectivity index (χ4n) is 2.50. The first-order valence-electron chi connectivity index (χ1n) is 7.26. The molecule has 110 valence electrons. The number of hydrogen-bond donors (Lipinski definition) is 0. The monoisotopic (exact) mass is 363 g/mol. The molecule has 1 heterocycles. The molecule has 2 nitrogen and oxygen atoms in total. The van der Waals surface area contributed by atoms with Gasteiger partial charge in [0.1, 0.15) is 0 Å². The van der Waals surface area contributed by atoms with Crippen LogP contribution in [0.25, 0.3) is 0 Å². The topological polar surface area (TPSA) is 20.3 Å². The van der Waals surface area contributed by atoms with Crippen molar-refractivity contribution >= 4 is 33.0 Å². The van der Waals surface area contributed by atoms with Gasteiger partial charge in [0.2, 0.25) is 0 Å². The van der Waals surface area contributed by atoms with Gasteiger partial charge in [-0.1, -0.05) is 28.1 Å². The zero-order valence-electron chi connectivity index (χ0n) is 11.8. The molecule has 1 saturated carbocycles. The lowest BCUT2D eigenvalue weighted by molar-refractivity contribution is 0.0960. The van der Waals surface area contributed by atoms with Crippen molar-refractivity contribution in [2.45, 2.75) is 31.8 Å². The van der Waals surface area contributed by atoms with E-state index >= 15 is 0 Å². The van der Waals surface area contributed by atoms with Crippen molar-refractivity contribution in [1.29, 1.82) is 0 Å². The van der Waals surface area contributed by atoms with E-state index in [2.05, 4.69) is 37.7 Å². The van der Waals surface area contributed by atoms with Crippen molar-refractivity contribution in [1.82, 2.24) is 4.90 Å². The lowest BCUT2D eigenvalue weighted by Crippen LogP contribution is -2.28. The van der Waals surface area contributed by atoms with Crippen LogP contribution in [0.2, 0.25) is 0 Å². The van der Waals surface area contributed by atoms with E-state index < -0.39 is 0 Å². The standard InChI is InChI=1S/C17H18BrNOS/c18-15-3-1-2-14(10-15)17(20)6-8-19(16-4-5-16)11-13-7-9-21-12-13/h1-3,7,9-10,12,16H,4-6,8,11H2. The van der Waals surface area contributed by atoms with Crippen LogP contribution < -0.4 is 0 Å². The molecule has 21 heavy (non-hydrogen) atoms. The molecule has 3 rings (SSSR count). The summed E-state index contributed by atoms with van der Waals surface area (Å²) in [5.41, 5.74) is 2.16. The van der Waals surface area contributed by atoms with Gasteiger partial charge in [-0.15, -0.1) is 0 Å². The van der Waals surface area contributed by atoms with Crippen molar-refractivity contribution in [2.75, 3.05) is 6.54 Å². The Morgan fingerprint density at radius 3 is 2.86 bits per heavy atom. The van der Waals surface area contributed by atoms with Crippen molar-refractivity contribution in [3.8, 4) is 0 Å². The van der Waals surface area contributed by atoms with Gasteiger partial charge in [0.05, 0.1) is 0 Å². The van der Waals surface area contributed by atoms with Crippen molar-refractivity contribution in [3.05, 3.63) is 56.7 Å². The molecule has 4 heteroatoms. The van der Waals surface area contributed by atoms with Crippen LogP contribution in [0.15, 0.2) is 45.6 Å². The number of benzene rings is 1. The van der Waals surface area contributed by atoms with Crippen LogP contribution in [0.5, 0.6) is 0 Å². The number of halogens is 1. The number of Topliss-reactive ketones (excluding diaryl/α,β-unsaturated/α-hetero) is 1. The number of nitrogens with zero attached hydrogens (tertiary/aromatic N) is 1. The zero-order valence-corrected chi connectivity index (χ0v) is 14.2.